The van der Waals surface area contributed by atoms with Crippen LogP contribution in [0.25, 0.3) is 10.1 Å². The van der Waals surface area contributed by atoms with Crippen LogP contribution in [0.15, 0.2) is 65.7 Å². The van der Waals surface area contributed by atoms with Crippen molar-refractivity contribution in [2.45, 2.75) is 13.5 Å². The number of fused-ring (bicyclic) bond motifs is 1. The SMILES string of the molecule is CC(=O)c1ccc(Cn2ccc(=O)c(C(=O)Nc3nsc4ccc([N+](=O)[O-])cc34)c2)cc1. The molecule has 4 aromatic rings. The van der Waals surface area contributed by atoms with E-state index in [2.05, 4.69) is 9.69 Å². The largest absolute Gasteiger partial charge is 0.349 e. The van der Waals surface area contributed by atoms with Crippen LogP contribution >= 0.6 is 11.5 Å². The van der Waals surface area contributed by atoms with Crippen LogP contribution in [0.4, 0.5) is 11.5 Å². The van der Waals surface area contributed by atoms with Gasteiger partial charge in [0.1, 0.15) is 5.56 Å². The van der Waals surface area contributed by atoms with Crippen LogP contribution in [0.1, 0.15) is 33.2 Å². The Balaban J connectivity index is 1.58. The molecule has 2 heterocycles. The smallest absolute Gasteiger partial charge is 0.270 e. The van der Waals surface area contributed by atoms with Crippen molar-refractivity contribution < 1.29 is 14.5 Å². The van der Waals surface area contributed by atoms with Gasteiger partial charge < -0.3 is 9.88 Å². The first-order valence-corrected chi connectivity index (χ1v) is 10.2. The molecule has 0 aliphatic rings. The number of nitrogens with zero attached hydrogens (tertiary/aromatic N) is 3. The van der Waals surface area contributed by atoms with Crippen LogP contribution in [0.3, 0.4) is 0 Å². The molecule has 0 bridgehead atoms. The number of hydrogen-bond acceptors (Lipinski definition) is 7. The molecule has 0 aliphatic heterocycles. The van der Waals surface area contributed by atoms with Gasteiger partial charge in [0, 0.05) is 48.1 Å². The fraction of sp³-hybridized carbons (Fsp3) is 0.0909. The molecule has 0 unspecified atom stereocenters. The first kappa shape index (κ1) is 21.1. The molecule has 0 saturated carbocycles. The summed E-state index contributed by atoms with van der Waals surface area (Å²) in [4.78, 5) is 47.0. The van der Waals surface area contributed by atoms with E-state index in [9.17, 15) is 24.5 Å². The van der Waals surface area contributed by atoms with Gasteiger partial charge in [-0.25, -0.2) is 0 Å². The minimum Gasteiger partial charge on any atom is -0.349 e. The Bertz CT molecular complexity index is 1420. The van der Waals surface area contributed by atoms with Gasteiger partial charge in [0.15, 0.2) is 17.0 Å². The molecule has 160 valence electrons. The van der Waals surface area contributed by atoms with Gasteiger partial charge in [-0.2, -0.15) is 4.37 Å². The molecule has 0 atom stereocenters. The summed E-state index contributed by atoms with van der Waals surface area (Å²) in [5.74, 6) is -0.526. The Hall–Kier alpha value is -4.18. The number of amides is 1. The van der Waals surface area contributed by atoms with Gasteiger partial charge >= 0.3 is 0 Å². The second-order valence-electron chi connectivity index (χ2n) is 7.07. The van der Waals surface area contributed by atoms with Crippen molar-refractivity contribution in [3.8, 4) is 0 Å². The summed E-state index contributed by atoms with van der Waals surface area (Å²) in [6.07, 6.45) is 3.01. The van der Waals surface area contributed by atoms with Crippen LogP contribution in [-0.4, -0.2) is 25.6 Å². The van der Waals surface area contributed by atoms with Crippen molar-refractivity contribution in [1.29, 1.82) is 0 Å². The van der Waals surface area contributed by atoms with Crippen molar-refractivity contribution in [2.24, 2.45) is 0 Å². The predicted octanol–water partition coefficient (Wildman–Crippen LogP) is 3.87. The molecule has 0 aliphatic carbocycles. The number of anilines is 1. The minimum atomic E-state index is -0.657. The standard InChI is InChI=1S/C22H16N4O5S/c1-13(27)15-4-2-14(3-5-15)11-25-9-8-19(28)18(12-25)22(29)23-21-17-10-16(26(30)31)6-7-20(17)32-24-21/h2-10,12H,11H2,1H3,(H,23,24,29). The number of rotatable bonds is 6. The van der Waals surface area contributed by atoms with E-state index < -0.39 is 16.3 Å². The van der Waals surface area contributed by atoms with Crippen molar-refractivity contribution in [3.63, 3.8) is 0 Å². The Kier molecular flexibility index (Phi) is 5.61. The van der Waals surface area contributed by atoms with Gasteiger partial charge in [0.05, 0.1) is 9.62 Å². The zero-order valence-electron chi connectivity index (χ0n) is 16.8. The van der Waals surface area contributed by atoms with Crippen LogP contribution in [0.5, 0.6) is 0 Å². The number of nitro benzene ring substituents is 1. The van der Waals surface area contributed by atoms with Gasteiger partial charge in [0.25, 0.3) is 11.6 Å². The summed E-state index contributed by atoms with van der Waals surface area (Å²) in [5, 5.41) is 14.1. The minimum absolute atomic E-state index is 0.0289. The molecule has 2 aromatic carbocycles. The number of aromatic nitrogens is 2. The Morgan fingerprint density at radius 2 is 1.91 bits per heavy atom. The molecule has 9 nitrogen and oxygen atoms in total. The molecule has 1 N–H and O–H groups in total. The normalized spacial score (nSPS) is 10.8. The van der Waals surface area contributed by atoms with Gasteiger partial charge in [-0.15, -0.1) is 0 Å². The second-order valence-corrected chi connectivity index (χ2v) is 7.88. The second kappa shape index (κ2) is 8.52. The first-order chi connectivity index (χ1) is 15.3. The molecule has 0 saturated heterocycles. The zero-order chi connectivity index (χ0) is 22.8. The number of pyridine rings is 1. The van der Waals surface area contributed by atoms with E-state index in [1.165, 1.54) is 31.3 Å². The van der Waals surface area contributed by atoms with Crippen molar-refractivity contribution in [3.05, 3.63) is 98.0 Å². The number of ketones is 1. The average molecular weight is 448 g/mol. The fourth-order valence-corrected chi connectivity index (χ4v) is 3.87. The Labute approximate surface area is 185 Å². The number of benzene rings is 2. The van der Waals surface area contributed by atoms with Gasteiger partial charge in [-0.1, -0.05) is 24.3 Å². The number of nitrogens with one attached hydrogen (secondary N) is 1. The summed E-state index contributed by atoms with van der Waals surface area (Å²) in [7, 11) is 0. The number of nitro groups is 1. The van der Waals surface area contributed by atoms with E-state index in [-0.39, 0.29) is 22.9 Å². The molecular weight excluding hydrogens is 432 g/mol. The highest BCUT2D eigenvalue weighted by atomic mass is 32.1. The molecule has 0 radical (unpaired) electrons. The van der Waals surface area contributed by atoms with Crippen molar-refractivity contribution >= 4 is 44.8 Å². The lowest BCUT2D eigenvalue weighted by atomic mass is 10.1. The molecule has 0 fully saturated rings. The number of hydrogen-bond donors (Lipinski definition) is 1. The predicted molar refractivity (Wildman–Crippen MR) is 120 cm³/mol. The summed E-state index contributed by atoms with van der Waals surface area (Å²) in [6, 6.07) is 12.6. The monoisotopic (exact) mass is 448 g/mol. The van der Waals surface area contributed by atoms with E-state index in [4.69, 9.17) is 0 Å². The van der Waals surface area contributed by atoms with Crippen LogP contribution in [-0.2, 0) is 6.54 Å². The average Bonchev–Trinajstić information content (AvgIpc) is 3.17. The van der Waals surface area contributed by atoms with Crippen LogP contribution < -0.4 is 10.7 Å². The topological polar surface area (TPSA) is 124 Å². The molecule has 4 rings (SSSR count). The number of carbonyl (C=O) groups is 2. The highest BCUT2D eigenvalue weighted by Gasteiger charge is 2.17. The fourth-order valence-electron chi connectivity index (χ4n) is 3.16. The lowest BCUT2D eigenvalue weighted by Crippen LogP contribution is -2.23. The molecule has 10 heteroatoms. The molecule has 1 amide bonds. The third-order valence-electron chi connectivity index (χ3n) is 4.84. The Morgan fingerprint density at radius 1 is 1.16 bits per heavy atom. The quantitative estimate of drug-likeness (QED) is 0.271. The van der Waals surface area contributed by atoms with E-state index in [1.807, 2.05) is 12.1 Å². The summed E-state index contributed by atoms with van der Waals surface area (Å²) in [6.45, 7) is 1.88. The third kappa shape index (κ3) is 4.30. The highest BCUT2D eigenvalue weighted by molar-refractivity contribution is 7.13. The first-order valence-electron chi connectivity index (χ1n) is 9.47. The summed E-state index contributed by atoms with van der Waals surface area (Å²) in [5.41, 5.74) is 0.828. The van der Waals surface area contributed by atoms with Crippen molar-refractivity contribution in [2.75, 3.05) is 5.32 Å². The molecule has 0 spiro atoms. The van der Waals surface area contributed by atoms with Gasteiger partial charge in [-0.3, -0.25) is 24.5 Å². The van der Waals surface area contributed by atoms with Crippen LogP contribution in [0, 0.1) is 10.1 Å². The van der Waals surface area contributed by atoms with E-state index >= 15 is 0 Å². The van der Waals surface area contributed by atoms with E-state index in [0.717, 1.165) is 17.1 Å². The van der Waals surface area contributed by atoms with E-state index in [1.54, 1.807) is 29.0 Å². The lowest BCUT2D eigenvalue weighted by Gasteiger charge is -2.09. The zero-order valence-corrected chi connectivity index (χ0v) is 17.6. The van der Waals surface area contributed by atoms with Gasteiger partial charge in [-0.05, 0) is 30.1 Å². The summed E-state index contributed by atoms with van der Waals surface area (Å²) < 4.78 is 6.51. The van der Waals surface area contributed by atoms with Crippen molar-refractivity contribution in [1.82, 2.24) is 8.94 Å². The highest BCUT2D eigenvalue weighted by Crippen LogP contribution is 2.30. The third-order valence-corrected chi connectivity index (χ3v) is 5.67. The number of non-ortho nitro benzene ring substituents is 1. The molecule has 32 heavy (non-hydrogen) atoms. The van der Waals surface area contributed by atoms with Crippen LogP contribution in [0.2, 0.25) is 0 Å². The van der Waals surface area contributed by atoms with Gasteiger partial charge in [0.2, 0.25) is 0 Å². The Morgan fingerprint density at radius 3 is 2.59 bits per heavy atom. The maximum Gasteiger partial charge on any atom is 0.270 e. The maximum absolute atomic E-state index is 12.8. The maximum atomic E-state index is 12.8. The van der Waals surface area contributed by atoms with E-state index in [0.29, 0.717) is 22.2 Å². The molecule has 2 aromatic heterocycles. The number of Topliss-reactive ketones (excluding diaryl/α,β-unsaturated/α-hetero) is 1. The summed E-state index contributed by atoms with van der Waals surface area (Å²) >= 11 is 1.09. The number of carbonyl (C=O) groups excluding carboxylic acids is 2. The molecular formula is C22H16N4O5S. The lowest BCUT2D eigenvalue weighted by molar-refractivity contribution is -0.384.